The molecule has 0 spiro atoms. The Kier molecular flexibility index (Phi) is 3.52. The second-order valence-electron chi connectivity index (χ2n) is 4.34. The highest BCUT2D eigenvalue weighted by molar-refractivity contribution is 7.18. The van der Waals surface area contributed by atoms with Crippen molar-refractivity contribution in [1.82, 2.24) is 9.97 Å². The Bertz CT molecular complexity index is 765. The Morgan fingerprint density at radius 1 is 1.30 bits per heavy atom. The molecule has 2 aromatic heterocycles. The molecule has 0 aliphatic rings. The van der Waals surface area contributed by atoms with E-state index in [0.29, 0.717) is 12.1 Å². The van der Waals surface area contributed by atoms with Crippen LogP contribution in [0.2, 0.25) is 0 Å². The van der Waals surface area contributed by atoms with Crippen LogP contribution in [0.1, 0.15) is 17.6 Å². The maximum atomic E-state index is 13.1. The number of aromatic nitrogens is 2. The highest BCUT2D eigenvalue weighted by atomic mass is 32.1. The molecule has 100 valence electrons. The number of halogens is 1. The summed E-state index contributed by atoms with van der Waals surface area (Å²) in [6.07, 6.45) is 1.74. The van der Waals surface area contributed by atoms with E-state index >= 15 is 0 Å². The van der Waals surface area contributed by atoms with Crippen molar-refractivity contribution in [2.75, 3.05) is 0 Å². The number of hydrogen-bond donors (Lipinski definition) is 0. The molecule has 0 amide bonds. The van der Waals surface area contributed by atoms with Crippen molar-refractivity contribution in [1.29, 1.82) is 0 Å². The molecule has 0 radical (unpaired) electrons. The molecule has 0 N–H and O–H groups in total. The molecule has 3 rings (SSSR count). The lowest BCUT2D eigenvalue weighted by Gasteiger charge is -1.98. The molecule has 3 nitrogen and oxygen atoms in total. The van der Waals surface area contributed by atoms with Gasteiger partial charge in [-0.05, 0) is 31.2 Å². The predicted octanol–water partition coefficient (Wildman–Crippen LogP) is 3.84. The van der Waals surface area contributed by atoms with E-state index in [9.17, 15) is 4.39 Å². The quantitative estimate of drug-likeness (QED) is 0.686. The van der Waals surface area contributed by atoms with Crippen molar-refractivity contribution in [2.45, 2.75) is 13.5 Å². The van der Waals surface area contributed by atoms with Gasteiger partial charge in [0.25, 0.3) is 0 Å². The molecule has 0 saturated carbocycles. The van der Waals surface area contributed by atoms with Gasteiger partial charge in [0, 0.05) is 12.3 Å². The third-order valence-electron chi connectivity index (χ3n) is 2.88. The van der Waals surface area contributed by atoms with Crippen LogP contribution in [0.3, 0.4) is 0 Å². The monoisotopic (exact) mass is 285 g/mol. The summed E-state index contributed by atoms with van der Waals surface area (Å²) in [4.78, 5) is 13.1. The SMILES string of the molecule is CC(=NCc1nc2cc(F)ccc2s1)c1ccccn1. The van der Waals surface area contributed by atoms with Gasteiger partial charge in [0.2, 0.25) is 0 Å². The van der Waals surface area contributed by atoms with Crippen molar-refractivity contribution in [3.05, 3.63) is 59.1 Å². The highest BCUT2D eigenvalue weighted by Crippen LogP contribution is 2.23. The van der Waals surface area contributed by atoms with E-state index in [1.807, 2.05) is 25.1 Å². The van der Waals surface area contributed by atoms with Gasteiger partial charge in [-0.25, -0.2) is 9.37 Å². The minimum Gasteiger partial charge on any atom is -0.281 e. The maximum absolute atomic E-state index is 13.1. The Hall–Kier alpha value is -2.14. The summed E-state index contributed by atoms with van der Waals surface area (Å²) in [5.74, 6) is -0.262. The summed E-state index contributed by atoms with van der Waals surface area (Å²) in [7, 11) is 0. The molecular weight excluding hydrogens is 273 g/mol. The Morgan fingerprint density at radius 2 is 2.20 bits per heavy atom. The molecule has 0 unspecified atom stereocenters. The van der Waals surface area contributed by atoms with Crippen molar-refractivity contribution < 1.29 is 4.39 Å². The third-order valence-corrected chi connectivity index (χ3v) is 3.90. The number of nitrogens with zero attached hydrogens (tertiary/aromatic N) is 3. The van der Waals surface area contributed by atoms with E-state index in [0.717, 1.165) is 21.1 Å². The number of thiazole rings is 1. The van der Waals surface area contributed by atoms with Crippen LogP contribution in [0, 0.1) is 5.82 Å². The van der Waals surface area contributed by atoms with Crippen LogP contribution in [0.25, 0.3) is 10.2 Å². The first-order chi connectivity index (χ1) is 9.72. The van der Waals surface area contributed by atoms with Crippen LogP contribution in [0.5, 0.6) is 0 Å². The van der Waals surface area contributed by atoms with Gasteiger partial charge in [-0.1, -0.05) is 6.07 Å². The van der Waals surface area contributed by atoms with Crippen LogP contribution >= 0.6 is 11.3 Å². The number of pyridine rings is 1. The lowest BCUT2D eigenvalue weighted by atomic mass is 10.2. The molecule has 20 heavy (non-hydrogen) atoms. The molecule has 1 aromatic carbocycles. The summed E-state index contributed by atoms with van der Waals surface area (Å²) >= 11 is 1.54. The number of rotatable bonds is 3. The standard InChI is InChI=1S/C15H12FN3S/c1-10(12-4-2-3-7-17-12)18-9-15-19-13-8-11(16)5-6-14(13)20-15/h2-8H,9H2,1H3. The van der Waals surface area contributed by atoms with E-state index in [1.54, 1.807) is 12.3 Å². The summed E-state index contributed by atoms with van der Waals surface area (Å²) in [5, 5.41) is 0.876. The molecule has 0 saturated heterocycles. The first kappa shape index (κ1) is 12.9. The fraction of sp³-hybridized carbons (Fsp3) is 0.133. The average molecular weight is 285 g/mol. The van der Waals surface area contributed by atoms with Gasteiger partial charge in [0.15, 0.2) is 0 Å². The van der Waals surface area contributed by atoms with Crippen molar-refractivity contribution in [3.8, 4) is 0 Å². The molecule has 5 heteroatoms. The normalized spacial score (nSPS) is 12.0. The topological polar surface area (TPSA) is 38.1 Å². The number of hydrogen-bond acceptors (Lipinski definition) is 4. The average Bonchev–Trinajstić information content (AvgIpc) is 2.87. The molecular formula is C15H12FN3S. The van der Waals surface area contributed by atoms with Crippen molar-refractivity contribution in [3.63, 3.8) is 0 Å². The molecule has 0 aliphatic carbocycles. The van der Waals surface area contributed by atoms with E-state index in [1.165, 1.54) is 23.5 Å². The largest absolute Gasteiger partial charge is 0.281 e. The number of fused-ring (bicyclic) bond motifs is 1. The Balaban J connectivity index is 1.83. The molecule has 0 aliphatic heterocycles. The second-order valence-corrected chi connectivity index (χ2v) is 5.45. The van der Waals surface area contributed by atoms with Gasteiger partial charge in [-0.2, -0.15) is 0 Å². The fourth-order valence-corrected chi connectivity index (χ4v) is 2.73. The van der Waals surface area contributed by atoms with Crippen LogP contribution in [-0.2, 0) is 6.54 Å². The highest BCUT2D eigenvalue weighted by Gasteiger charge is 2.05. The Morgan fingerprint density at radius 3 is 3.00 bits per heavy atom. The van der Waals surface area contributed by atoms with Crippen LogP contribution in [-0.4, -0.2) is 15.7 Å². The van der Waals surface area contributed by atoms with E-state index < -0.39 is 0 Å². The zero-order valence-corrected chi connectivity index (χ0v) is 11.7. The summed E-state index contributed by atoms with van der Waals surface area (Å²) in [6.45, 7) is 2.42. The van der Waals surface area contributed by atoms with Crippen LogP contribution < -0.4 is 0 Å². The van der Waals surface area contributed by atoms with E-state index in [2.05, 4.69) is 15.0 Å². The van der Waals surface area contributed by atoms with Crippen LogP contribution in [0.15, 0.2) is 47.6 Å². The zero-order valence-electron chi connectivity index (χ0n) is 10.9. The number of benzene rings is 1. The van der Waals surface area contributed by atoms with Crippen LogP contribution in [0.4, 0.5) is 4.39 Å². The molecule has 0 atom stereocenters. The molecule has 2 heterocycles. The van der Waals surface area contributed by atoms with Crippen molar-refractivity contribution in [2.24, 2.45) is 4.99 Å². The van der Waals surface area contributed by atoms with Gasteiger partial charge in [0.05, 0.1) is 28.2 Å². The summed E-state index contributed by atoms with van der Waals surface area (Å²) in [5.41, 5.74) is 2.42. The smallest absolute Gasteiger partial charge is 0.125 e. The summed E-state index contributed by atoms with van der Waals surface area (Å²) < 4.78 is 14.1. The zero-order chi connectivity index (χ0) is 13.9. The first-order valence-corrected chi connectivity index (χ1v) is 7.01. The predicted molar refractivity (Wildman–Crippen MR) is 79.7 cm³/mol. The molecule has 0 bridgehead atoms. The van der Waals surface area contributed by atoms with Gasteiger partial charge in [0.1, 0.15) is 10.8 Å². The minimum absolute atomic E-state index is 0.262. The number of aliphatic imine (C=N–C) groups is 1. The van der Waals surface area contributed by atoms with E-state index in [-0.39, 0.29) is 5.82 Å². The lowest BCUT2D eigenvalue weighted by molar-refractivity contribution is 0.629. The molecule has 0 fully saturated rings. The van der Waals surface area contributed by atoms with Crippen molar-refractivity contribution >= 4 is 27.3 Å². The summed E-state index contributed by atoms with van der Waals surface area (Å²) in [6, 6.07) is 10.4. The van der Waals surface area contributed by atoms with Gasteiger partial charge in [-0.3, -0.25) is 9.98 Å². The first-order valence-electron chi connectivity index (χ1n) is 6.20. The molecule has 3 aromatic rings. The van der Waals surface area contributed by atoms with E-state index in [4.69, 9.17) is 0 Å². The van der Waals surface area contributed by atoms with Gasteiger partial charge < -0.3 is 0 Å². The lowest BCUT2D eigenvalue weighted by Crippen LogP contribution is -1.98. The fourth-order valence-electron chi connectivity index (χ4n) is 1.86. The van der Waals surface area contributed by atoms with Gasteiger partial charge >= 0.3 is 0 Å². The Labute approximate surface area is 119 Å². The minimum atomic E-state index is -0.262. The second kappa shape index (κ2) is 5.46. The van der Waals surface area contributed by atoms with Gasteiger partial charge in [-0.15, -0.1) is 11.3 Å². The maximum Gasteiger partial charge on any atom is 0.125 e. The third kappa shape index (κ3) is 2.72.